The first-order valence-corrected chi connectivity index (χ1v) is 7.39. The Hall–Kier alpha value is -2.27. The van der Waals surface area contributed by atoms with Gasteiger partial charge in [0, 0.05) is 18.5 Å². The summed E-state index contributed by atoms with van der Waals surface area (Å²) < 4.78 is 6.89. The molecule has 5 nitrogen and oxygen atoms in total. The molecule has 0 saturated carbocycles. The molecular formula is C17H20N2O3. The second kappa shape index (κ2) is 5.50. The third kappa shape index (κ3) is 2.27. The number of carbonyl (C=O) groups excluding carboxylic acids is 1. The third-order valence-corrected chi connectivity index (χ3v) is 4.24. The van der Waals surface area contributed by atoms with Gasteiger partial charge in [-0.1, -0.05) is 0 Å². The van der Waals surface area contributed by atoms with Crippen molar-refractivity contribution in [2.75, 3.05) is 19.0 Å². The van der Waals surface area contributed by atoms with Crippen LogP contribution in [0.5, 0.6) is 0 Å². The standard InChI is InChI=1S/C17H20N2O3/c1-17(8-4-10-20)15-5-3-9-19(15)14-11-12(16(21)22-2)6-7-13(14)18-17/h3,5-7,9,11,18,20H,4,8,10H2,1-2H3. The van der Waals surface area contributed by atoms with Crippen LogP contribution in [0.4, 0.5) is 5.69 Å². The quantitative estimate of drug-likeness (QED) is 0.852. The van der Waals surface area contributed by atoms with Gasteiger partial charge in [-0.05, 0) is 50.1 Å². The predicted molar refractivity (Wildman–Crippen MR) is 84.4 cm³/mol. The number of ether oxygens (including phenoxy) is 1. The van der Waals surface area contributed by atoms with Crippen molar-refractivity contribution in [1.82, 2.24) is 4.57 Å². The molecule has 1 atom stereocenters. The highest BCUT2D eigenvalue weighted by atomic mass is 16.5. The van der Waals surface area contributed by atoms with Gasteiger partial charge in [0.1, 0.15) is 0 Å². The van der Waals surface area contributed by atoms with Crippen LogP contribution in [-0.2, 0) is 10.3 Å². The van der Waals surface area contributed by atoms with Gasteiger partial charge in [-0.2, -0.15) is 0 Å². The second-order valence-electron chi connectivity index (χ2n) is 5.77. The van der Waals surface area contributed by atoms with Crippen LogP contribution in [-0.4, -0.2) is 29.4 Å². The van der Waals surface area contributed by atoms with Crippen LogP contribution < -0.4 is 5.32 Å². The molecular weight excluding hydrogens is 280 g/mol. The highest BCUT2D eigenvalue weighted by Gasteiger charge is 2.34. The van der Waals surface area contributed by atoms with Crippen LogP contribution in [0.25, 0.3) is 5.69 Å². The molecule has 3 rings (SSSR count). The van der Waals surface area contributed by atoms with Gasteiger partial charge >= 0.3 is 5.97 Å². The summed E-state index contributed by atoms with van der Waals surface area (Å²) in [5.41, 5.74) is 3.31. The zero-order valence-electron chi connectivity index (χ0n) is 12.8. The minimum absolute atomic E-state index is 0.173. The molecule has 2 heterocycles. The molecule has 1 aromatic heterocycles. The Morgan fingerprint density at radius 3 is 2.95 bits per heavy atom. The Bertz CT molecular complexity index is 708. The summed E-state index contributed by atoms with van der Waals surface area (Å²) in [5, 5.41) is 12.7. The second-order valence-corrected chi connectivity index (χ2v) is 5.77. The molecule has 22 heavy (non-hydrogen) atoms. The number of anilines is 1. The van der Waals surface area contributed by atoms with E-state index in [1.165, 1.54) is 7.11 Å². The molecule has 1 unspecified atom stereocenters. The summed E-state index contributed by atoms with van der Waals surface area (Å²) in [4.78, 5) is 11.7. The van der Waals surface area contributed by atoms with Crippen molar-refractivity contribution in [3.05, 3.63) is 47.8 Å². The summed E-state index contributed by atoms with van der Waals surface area (Å²) >= 11 is 0. The molecule has 0 bridgehead atoms. The van der Waals surface area contributed by atoms with Gasteiger partial charge in [0.25, 0.3) is 0 Å². The number of nitrogens with zero attached hydrogens (tertiary/aromatic N) is 1. The van der Waals surface area contributed by atoms with E-state index in [2.05, 4.69) is 22.9 Å². The van der Waals surface area contributed by atoms with E-state index in [-0.39, 0.29) is 18.1 Å². The number of methoxy groups -OCH3 is 1. The number of hydrogen-bond acceptors (Lipinski definition) is 4. The molecule has 0 amide bonds. The zero-order chi connectivity index (χ0) is 15.7. The molecule has 0 fully saturated rings. The fourth-order valence-corrected chi connectivity index (χ4v) is 3.11. The first kappa shape index (κ1) is 14.7. The van der Waals surface area contributed by atoms with E-state index >= 15 is 0 Å². The lowest BCUT2D eigenvalue weighted by Gasteiger charge is -2.38. The Morgan fingerprint density at radius 2 is 2.23 bits per heavy atom. The Balaban J connectivity index is 2.07. The van der Waals surface area contributed by atoms with Gasteiger partial charge in [-0.3, -0.25) is 0 Å². The van der Waals surface area contributed by atoms with E-state index in [9.17, 15) is 4.79 Å². The normalized spacial score (nSPS) is 19.0. The van der Waals surface area contributed by atoms with Crippen LogP contribution in [0, 0.1) is 0 Å². The summed E-state index contributed by atoms with van der Waals surface area (Å²) in [6, 6.07) is 9.57. The maximum absolute atomic E-state index is 11.7. The fraction of sp³-hybridized carbons (Fsp3) is 0.353. The van der Waals surface area contributed by atoms with Gasteiger partial charge < -0.3 is 19.7 Å². The molecule has 1 aliphatic rings. The molecule has 1 aliphatic heterocycles. The fourth-order valence-electron chi connectivity index (χ4n) is 3.11. The lowest BCUT2D eigenvalue weighted by molar-refractivity contribution is 0.0600. The first-order chi connectivity index (χ1) is 10.6. The smallest absolute Gasteiger partial charge is 0.337 e. The van der Waals surface area contributed by atoms with E-state index < -0.39 is 0 Å². The first-order valence-electron chi connectivity index (χ1n) is 7.39. The molecule has 0 aliphatic carbocycles. The Kier molecular flexibility index (Phi) is 3.66. The van der Waals surface area contributed by atoms with E-state index in [0.29, 0.717) is 5.56 Å². The van der Waals surface area contributed by atoms with Gasteiger partial charge in [-0.25, -0.2) is 4.79 Å². The number of nitrogens with one attached hydrogen (secondary N) is 1. The maximum Gasteiger partial charge on any atom is 0.337 e. The van der Waals surface area contributed by atoms with Crippen LogP contribution in [0.1, 0.15) is 35.8 Å². The van der Waals surface area contributed by atoms with Crippen molar-refractivity contribution in [2.45, 2.75) is 25.3 Å². The Morgan fingerprint density at radius 1 is 1.41 bits per heavy atom. The van der Waals surface area contributed by atoms with Crippen molar-refractivity contribution in [3.63, 3.8) is 0 Å². The number of aliphatic hydroxyl groups is 1. The van der Waals surface area contributed by atoms with Crippen LogP contribution in [0.2, 0.25) is 0 Å². The minimum atomic E-state index is -0.342. The number of hydrogen-bond donors (Lipinski definition) is 2. The molecule has 5 heteroatoms. The topological polar surface area (TPSA) is 63.5 Å². The van der Waals surface area contributed by atoms with Gasteiger partial charge in [0.2, 0.25) is 0 Å². The number of esters is 1. The largest absolute Gasteiger partial charge is 0.465 e. The molecule has 2 N–H and O–H groups in total. The third-order valence-electron chi connectivity index (χ3n) is 4.24. The monoisotopic (exact) mass is 300 g/mol. The summed E-state index contributed by atoms with van der Waals surface area (Å²) in [5.74, 6) is -0.342. The highest BCUT2D eigenvalue weighted by molar-refractivity contribution is 5.91. The van der Waals surface area contributed by atoms with Gasteiger partial charge in [-0.15, -0.1) is 0 Å². The van der Waals surface area contributed by atoms with Crippen LogP contribution >= 0.6 is 0 Å². The SMILES string of the molecule is COC(=O)c1ccc2c(c1)-n1cccc1C(C)(CCCO)N2. The van der Waals surface area contributed by atoms with Gasteiger partial charge in [0.05, 0.1) is 29.6 Å². The van der Waals surface area contributed by atoms with Gasteiger partial charge in [0.15, 0.2) is 0 Å². The summed E-state index contributed by atoms with van der Waals surface area (Å²) in [6.45, 7) is 2.30. The molecule has 1 aromatic carbocycles. The van der Waals surface area contributed by atoms with E-state index in [1.807, 2.05) is 24.4 Å². The zero-order valence-corrected chi connectivity index (χ0v) is 12.8. The minimum Gasteiger partial charge on any atom is -0.465 e. The van der Waals surface area contributed by atoms with E-state index in [1.54, 1.807) is 6.07 Å². The average Bonchev–Trinajstić information content (AvgIpc) is 3.03. The highest BCUT2D eigenvalue weighted by Crippen LogP contribution is 2.40. The molecule has 116 valence electrons. The van der Waals surface area contributed by atoms with Crippen LogP contribution in [0.3, 0.4) is 0 Å². The molecule has 2 aromatic rings. The number of fused-ring (bicyclic) bond motifs is 3. The number of aliphatic hydroxyl groups excluding tert-OH is 1. The predicted octanol–water partition coefficient (Wildman–Crippen LogP) is 2.68. The van der Waals surface area contributed by atoms with Crippen molar-refractivity contribution in [3.8, 4) is 5.69 Å². The van der Waals surface area contributed by atoms with Crippen molar-refractivity contribution >= 4 is 11.7 Å². The molecule has 0 saturated heterocycles. The van der Waals surface area contributed by atoms with Crippen molar-refractivity contribution in [2.24, 2.45) is 0 Å². The van der Waals surface area contributed by atoms with E-state index in [4.69, 9.17) is 9.84 Å². The van der Waals surface area contributed by atoms with Crippen molar-refractivity contribution in [1.29, 1.82) is 0 Å². The number of aromatic nitrogens is 1. The van der Waals surface area contributed by atoms with E-state index in [0.717, 1.165) is 29.9 Å². The summed E-state index contributed by atoms with van der Waals surface area (Å²) in [7, 11) is 1.38. The lowest BCUT2D eigenvalue weighted by Crippen LogP contribution is -2.38. The average molecular weight is 300 g/mol. The molecule has 0 spiro atoms. The molecule has 0 radical (unpaired) electrons. The lowest BCUT2D eigenvalue weighted by atomic mass is 9.89. The summed E-state index contributed by atoms with van der Waals surface area (Å²) in [6.07, 6.45) is 3.54. The maximum atomic E-state index is 11.7. The van der Waals surface area contributed by atoms with Crippen molar-refractivity contribution < 1.29 is 14.6 Å². The Labute approximate surface area is 129 Å². The number of carbonyl (C=O) groups is 1. The number of benzene rings is 1. The number of rotatable bonds is 4. The van der Waals surface area contributed by atoms with Crippen LogP contribution in [0.15, 0.2) is 36.5 Å².